The fraction of sp³-hybridized carbons (Fsp3) is 0.625. The topological polar surface area (TPSA) is 60.5 Å². The predicted molar refractivity (Wildman–Crippen MR) is 81.5 cm³/mol. The molecule has 1 aromatic heterocycles. The van der Waals surface area contributed by atoms with Crippen molar-refractivity contribution in [1.29, 1.82) is 0 Å². The zero-order valence-corrected chi connectivity index (χ0v) is 13.2. The Morgan fingerprint density at radius 2 is 2.10 bits per heavy atom. The van der Waals surface area contributed by atoms with E-state index in [0.717, 1.165) is 18.5 Å². The van der Waals surface area contributed by atoms with Crippen molar-refractivity contribution in [3.8, 4) is 5.88 Å². The molecule has 0 aromatic carbocycles. The maximum Gasteiger partial charge on any atom is 0.256 e. The molecule has 1 N–H and O–H groups in total. The van der Waals surface area contributed by atoms with Gasteiger partial charge in [0.25, 0.3) is 5.91 Å². The standard InChI is InChI=1S/C16H24N2O3/c1-5-20-14-10-9-13(11(3)17-14)18-15(19)16(4,21-6-2)12-7-8-12/h9-10,12H,5-8H2,1-4H3,(H,18,19)/t16-/m1/s1. The molecule has 0 bridgehead atoms. The van der Waals surface area contributed by atoms with E-state index in [0.29, 0.717) is 30.7 Å². The zero-order chi connectivity index (χ0) is 15.5. The predicted octanol–water partition coefficient (Wildman–Crippen LogP) is 2.93. The molecule has 116 valence electrons. The summed E-state index contributed by atoms with van der Waals surface area (Å²) in [5.41, 5.74) is 0.693. The summed E-state index contributed by atoms with van der Waals surface area (Å²) in [6, 6.07) is 3.59. The van der Waals surface area contributed by atoms with Gasteiger partial charge in [-0.25, -0.2) is 4.98 Å². The van der Waals surface area contributed by atoms with Crippen molar-refractivity contribution in [2.75, 3.05) is 18.5 Å². The van der Waals surface area contributed by atoms with Crippen LogP contribution in [0.25, 0.3) is 0 Å². The van der Waals surface area contributed by atoms with Crippen molar-refractivity contribution in [2.24, 2.45) is 5.92 Å². The maximum atomic E-state index is 12.6. The van der Waals surface area contributed by atoms with E-state index in [1.807, 2.05) is 33.8 Å². The third kappa shape index (κ3) is 3.53. The van der Waals surface area contributed by atoms with Crippen molar-refractivity contribution in [1.82, 2.24) is 4.98 Å². The molecule has 1 heterocycles. The van der Waals surface area contributed by atoms with Crippen molar-refractivity contribution in [3.05, 3.63) is 17.8 Å². The van der Waals surface area contributed by atoms with Gasteiger partial charge in [0, 0.05) is 12.7 Å². The number of hydrogen-bond donors (Lipinski definition) is 1. The van der Waals surface area contributed by atoms with Gasteiger partial charge in [0.1, 0.15) is 5.60 Å². The Morgan fingerprint density at radius 1 is 1.38 bits per heavy atom. The van der Waals surface area contributed by atoms with Crippen LogP contribution >= 0.6 is 0 Å². The van der Waals surface area contributed by atoms with Crippen molar-refractivity contribution in [3.63, 3.8) is 0 Å². The molecular formula is C16H24N2O3. The van der Waals surface area contributed by atoms with Crippen LogP contribution in [0.4, 0.5) is 5.69 Å². The molecule has 1 saturated carbocycles. The summed E-state index contributed by atoms with van der Waals surface area (Å²) in [4.78, 5) is 16.9. The molecule has 21 heavy (non-hydrogen) atoms. The van der Waals surface area contributed by atoms with Gasteiger partial charge >= 0.3 is 0 Å². The normalized spacial score (nSPS) is 17.1. The Balaban J connectivity index is 2.11. The van der Waals surface area contributed by atoms with E-state index < -0.39 is 5.60 Å². The first-order valence-electron chi connectivity index (χ1n) is 7.57. The minimum absolute atomic E-state index is 0.0964. The third-order valence-electron chi connectivity index (χ3n) is 3.85. The number of amides is 1. The number of aromatic nitrogens is 1. The largest absolute Gasteiger partial charge is 0.478 e. The number of nitrogens with one attached hydrogen (secondary N) is 1. The Kier molecular flexibility index (Phi) is 4.83. The van der Waals surface area contributed by atoms with Crippen LogP contribution in [0.15, 0.2) is 12.1 Å². The molecule has 1 aliphatic rings. The first-order valence-corrected chi connectivity index (χ1v) is 7.57. The second-order valence-corrected chi connectivity index (χ2v) is 5.48. The average molecular weight is 292 g/mol. The maximum absolute atomic E-state index is 12.6. The molecule has 1 amide bonds. The zero-order valence-electron chi connectivity index (χ0n) is 13.2. The number of hydrogen-bond acceptors (Lipinski definition) is 4. The first-order chi connectivity index (χ1) is 10.0. The van der Waals surface area contributed by atoms with Crippen LogP contribution in [0, 0.1) is 12.8 Å². The minimum atomic E-state index is -0.750. The van der Waals surface area contributed by atoms with Crippen LogP contribution in [-0.2, 0) is 9.53 Å². The molecule has 0 saturated heterocycles. The number of rotatable bonds is 7. The number of carbonyl (C=O) groups excluding carboxylic acids is 1. The van der Waals surface area contributed by atoms with Crippen LogP contribution < -0.4 is 10.1 Å². The van der Waals surface area contributed by atoms with E-state index >= 15 is 0 Å². The van der Waals surface area contributed by atoms with Crippen LogP contribution in [0.2, 0.25) is 0 Å². The summed E-state index contributed by atoms with van der Waals surface area (Å²) >= 11 is 0. The first kappa shape index (κ1) is 15.8. The van der Waals surface area contributed by atoms with Gasteiger partial charge in [0.2, 0.25) is 5.88 Å². The van der Waals surface area contributed by atoms with Gasteiger partial charge in [-0.3, -0.25) is 4.79 Å². The van der Waals surface area contributed by atoms with E-state index in [9.17, 15) is 4.79 Å². The van der Waals surface area contributed by atoms with E-state index in [4.69, 9.17) is 9.47 Å². The molecule has 0 spiro atoms. The van der Waals surface area contributed by atoms with Crippen LogP contribution in [0.1, 0.15) is 39.3 Å². The lowest BCUT2D eigenvalue weighted by molar-refractivity contribution is -0.141. The minimum Gasteiger partial charge on any atom is -0.478 e. The smallest absolute Gasteiger partial charge is 0.256 e. The summed E-state index contributed by atoms with van der Waals surface area (Å²) in [5.74, 6) is 0.789. The number of pyridine rings is 1. The lowest BCUT2D eigenvalue weighted by Crippen LogP contribution is -2.45. The highest BCUT2D eigenvalue weighted by Crippen LogP contribution is 2.42. The SMILES string of the molecule is CCOc1ccc(NC(=O)[C@](C)(OCC)C2CC2)c(C)n1. The molecule has 0 aliphatic heterocycles. The molecule has 0 radical (unpaired) electrons. The molecule has 5 nitrogen and oxygen atoms in total. The quantitative estimate of drug-likeness (QED) is 0.839. The highest BCUT2D eigenvalue weighted by atomic mass is 16.5. The van der Waals surface area contributed by atoms with Gasteiger partial charge in [-0.2, -0.15) is 0 Å². The molecule has 1 aliphatic carbocycles. The molecule has 1 atom stereocenters. The number of anilines is 1. The van der Waals surface area contributed by atoms with E-state index in [1.165, 1.54) is 0 Å². The fourth-order valence-electron chi connectivity index (χ4n) is 2.45. The molecule has 1 aromatic rings. The van der Waals surface area contributed by atoms with Gasteiger partial charge in [-0.1, -0.05) is 0 Å². The Morgan fingerprint density at radius 3 is 2.62 bits per heavy atom. The third-order valence-corrected chi connectivity index (χ3v) is 3.85. The number of carbonyl (C=O) groups is 1. The molecule has 0 unspecified atom stereocenters. The Hall–Kier alpha value is -1.62. The van der Waals surface area contributed by atoms with Crippen LogP contribution in [-0.4, -0.2) is 29.7 Å². The summed E-state index contributed by atoms with van der Waals surface area (Å²) in [6.45, 7) is 8.66. The highest BCUT2D eigenvalue weighted by molar-refractivity contribution is 5.98. The summed E-state index contributed by atoms with van der Waals surface area (Å²) in [7, 11) is 0. The van der Waals surface area contributed by atoms with Crippen LogP contribution in [0.3, 0.4) is 0 Å². The van der Waals surface area contributed by atoms with Crippen molar-refractivity contribution in [2.45, 2.75) is 46.1 Å². The summed E-state index contributed by atoms with van der Waals surface area (Å²) in [6.07, 6.45) is 2.09. The Labute approximate surface area is 126 Å². The van der Waals surface area contributed by atoms with Crippen LogP contribution in [0.5, 0.6) is 5.88 Å². The number of aryl methyl sites for hydroxylation is 1. The number of ether oxygens (including phenoxy) is 2. The monoisotopic (exact) mass is 292 g/mol. The lowest BCUT2D eigenvalue weighted by atomic mass is 9.98. The average Bonchev–Trinajstić information content (AvgIpc) is 3.27. The van der Waals surface area contributed by atoms with Crippen molar-refractivity contribution < 1.29 is 14.3 Å². The van der Waals surface area contributed by atoms with Crippen molar-refractivity contribution >= 4 is 11.6 Å². The van der Waals surface area contributed by atoms with Gasteiger partial charge < -0.3 is 14.8 Å². The van der Waals surface area contributed by atoms with Gasteiger partial charge in [-0.15, -0.1) is 0 Å². The summed E-state index contributed by atoms with van der Waals surface area (Å²) in [5, 5.41) is 2.94. The van der Waals surface area contributed by atoms with E-state index in [2.05, 4.69) is 10.3 Å². The molecule has 1 fully saturated rings. The fourth-order valence-corrected chi connectivity index (χ4v) is 2.45. The molecule has 2 rings (SSSR count). The van der Waals surface area contributed by atoms with Gasteiger partial charge in [-0.05, 0) is 52.5 Å². The molecular weight excluding hydrogens is 268 g/mol. The highest BCUT2D eigenvalue weighted by Gasteiger charge is 2.48. The lowest BCUT2D eigenvalue weighted by Gasteiger charge is -2.28. The van der Waals surface area contributed by atoms with Gasteiger partial charge in [0.05, 0.1) is 18.0 Å². The van der Waals surface area contributed by atoms with E-state index in [-0.39, 0.29) is 5.91 Å². The van der Waals surface area contributed by atoms with Gasteiger partial charge in [0.15, 0.2) is 0 Å². The second-order valence-electron chi connectivity index (χ2n) is 5.48. The molecule has 5 heteroatoms. The second kappa shape index (κ2) is 6.43. The number of nitrogens with zero attached hydrogens (tertiary/aromatic N) is 1. The Bertz CT molecular complexity index is 514. The van der Waals surface area contributed by atoms with E-state index in [1.54, 1.807) is 6.07 Å². The summed E-state index contributed by atoms with van der Waals surface area (Å²) < 4.78 is 11.1.